The standard InChI is InChI=1S/C16H20F3N5O/c1-23-9-11(8-21-23)7-20-14(25)10-24-13-6-4-2-3-5-12(13)15(22-24)16(17,18)19/h8-9H,2-7,10H2,1H3,(H,20,25). The molecule has 1 N–H and O–H groups in total. The van der Waals surface area contributed by atoms with Gasteiger partial charge in [0.1, 0.15) is 6.54 Å². The number of carbonyl (C=O) groups excluding carboxylic acids is 1. The molecule has 6 nitrogen and oxygen atoms in total. The van der Waals surface area contributed by atoms with E-state index >= 15 is 0 Å². The number of hydrogen-bond acceptors (Lipinski definition) is 3. The number of nitrogens with one attached hydrogen (secondary N) is 1. The van der Waals surface area contributed by atoms with Crippen LogP contribution in [0, 0.1) is 0 Å². The molecule has 1 amide bonds. The van der Waals surface area contributed by atoms with Crippen molar-refractivity contribution < 1.29 is 18.0 Å². The molecule has 0 aromatic carbocycles. The Morgan fingerprint density at radius 2 is 2.04 bits per heavy atom. The first-order valence-electron chi connectivity index (χ1n) is 8.24. The molecular weight excluding hydrogens is 335 g/mol. The first-order valence-corrected chi connectivity index (χ1v) is 8.24. The van der Waals surface area contributed by atoms with Crippen molar-refractivity contribution in [2.24, 2.45) is 7.05 Å². The highest BCUT2D eigenvalue weighted by atomic mass is 19.4. The molecule has 136 valence electrons. The molecule has 0 bridgehead atoms. The molecule has 0 spiro atoms. The SMILES string of the molecule is Cn1cc(CNC(=O)Cn2nc(C(F)(F)F)c3c2CCCCC3)cn1. The van der Waals surface area contributed by atoms with Gasteiger partial charge in [0.15, 0.2) is 5.69 Å². The lowest BCUT2D eigenvalue weighted by Crippen LogP contribution is -2.28. The van der Waals surface area contributed by atoms with Gasteiger partial charge in [-0.15, -0.1) is 0 Å². The number of nitrogens with zero attached hydrogens (tertiary/aromatic N) is 4. The van der Waals surface area contributed by atoms with Crippen LogP contribution in [0.15, 0.2) is 12.4 Å². The van der Waals surface area contributed by atoms with Gasteiger partial charge in [-0.3, -0.25) is 14.2 Å². The van der Waals surface area contributed by atoms with Crippen LogP contribution in [-0.2, 0) is 43.9 Å². The summed E-state index contributed by atoms with van der Waals surface area (Å²) < 4.78 is 42.6. The summed E-state index contributed by atoms with van der Waals surface area (Å²) in [6.07, 6.45) is 2.20. The Kier molecular flexibility index (Phi) is 4.82. The predicted octanol–water partition coefficient (Wildman–Crippen LogP) is 2.22. The third kappa shape index (κ3) is 4.02. The molecule has 1 aliphatic rings. The van der Waals surface area contributed by atoms with E-state index in [4.69, 9.17) is 0 Å². The molecule has 0 radical (unpaired) electrons. The van der Waals surface area contributed by atoms with Crippen LogP contribution in [0.2, 0.25) is 0 Å². The molecule has 0 unspecified atom stereocenters. The number of aromatic nitrogens is 4. The van der Waals surface area contributed by atoms with Crippen LogP contribution in [0.4, 0.5) is 13.2 Å². The molecule has 3 rings (SSSR count). The van der Waals surface area contributed by atoms with Gasteiger partial charge in [-0.2, -0.15) is 23.4 Å². The number of amides is 1. The maximum absolute atomic E-state index is 13.2. The summed E-state index contributed by atoms with van der Waals surface area (Å²) in [7, 11) is 1.77. The molecule has 2 heterocycles. The molecule has 2 aromatic rings. The van der Waals surface area contributed by atoms with Crippen molar-refractivity contribution in [1.29, 1.82) is 0 Å². The summed E-state index contributed by atoms with van der Waals surface area (Å²) in [6, 6.07) is 0. The maximum Gasteiger partial charge on any atom is 0.435 e. The molecule has 0 atom stereocenters. The Balaban J connectivity index is 1.75. The summed E-state index contributed by atoms with van der Waals surface area (Å²) in [5.74, 6) is -0.368. The number of alkyl halides is 3. The highest BCUT2D eigenvalue weighted by Crippen LogP contribution is 2.35. The van der Waals surface area contributed by atoms with Gasteiger partial charge >= 0.3 is 6.18 Å². The van der Waals surface area contributed by atoms with E-state index in [0.29, 0.717) is 18.5 Å². The number of hydrogen-bond donors (Lipinski definition) is 1. The van der Waals surface area contributed by atoms with Gasteiger partial charge in [-0.05, 0) is 25.7 Å². The van der Waals surface area contributed by atoms with Crippen LogP contribution in [0.25, 0.3) is 0 Å². The van der Waals surface area contributed by atoms with Crippen molar-refractivity contribution in [2.75, 3.05) is 0 Å². The third-order valence-electron chi connectivity index (χ3n) is 4.32. The monoisotopic (exact) mass is 355 g/mol. The lowest BCUT2D eigenvalue weighted by molar-refractivity contribution is -0.142. The second kappa shape index (κ2) is 6.89. The van der Waals surface area contributed by atoms with Crippen molar-refractivity contribution in [3.8, 4) is 0 Å². The molecule has 0 fully saturated rings. The molecule has 0 saturated heterocycles. The first kappa shape index (κ1) is 17.5. The van der Waals surface area contributed by atoms with Gasteiger partial charge in [-0.25, -0.2) is 0 Å². The zero-order chi connectivity index (χ0) is 18.0. The van der Waals surface area contributed by atoms with Gasteiger partial charge in [0.25, 0.3) is 0 Å². The Morgan fingerprint density at radius 1 is 1.28 bits per heavy atom. The van der Waals surface area contributed by atoms with Crippen LogP contribution in [0.1, 0.15) is 41.8 Å². The summed E-state index contributed by atoms with van der Waals surface area (Å²) in [6.45, 7) is 0.0704. The van der Waals surface area contributed by atoms with E-state index in [0.717, 1.165) is 24.8 Å². The Hall–Kier alpha value is -2.32. The van der Waals surface area contributed by atoms with Crippen molar-refractivity contribution in [1.82, 2.24) is 24.9 Å². The second-order valence-corrected chi connectivity index (χ2v) is 6.29. The van der Waals surface area contributed by atoms with E-state index in [9.17, 15) is 18.0 Å². The zero-order valence-corrected chi connectivity index (χ0v) is 13.9. The van der Waals surface area contributed by atoms with Crippen LogP contribution in [0.3, 0.4) is 0 Å². The van der Waals surface area contributed by atoms with Crippen molar-refractivity contribution in [3.05, 3.63) is 34.9 Å². The van der Waals surface area contributed by atoms with Gasteiger partial charge < -0.3 is 5.32 Å². The summed E-state index contributed by atoms with van der Waals surface area (Å²) >= 11 is 0. The minimum absolute atomic E-state index is 0.210. The van der Waals surface area contributed by atoms with E-state index in [1.165, 1.54) is 4.68 Å². The second-order valence-electron chi connectivity index (χ2n) is 6.29. The van der Waals surface area contributed by atoms with Crippen molar-refractivity contribution in [3.63, 3.8) is 0 Å². The van der Waals surface area contributed by atoms with E-state index < -0.39 is 11.9 Å². The molecular formula is C16H20F3N5O. The van der Waals surface area contributed by atoms with Gasteiger partial charge in [0, 0.05) is 36.6 Å². The normalized spacial score (nSPS) is 14.9. The number of halogens is 3. The van der Waals surface area contributed by atoms with E-state index in [2.05, 4.69) is 15.5 Å². The average Bonchev–Trinajstić information content (AvgIpc) is 3.00. The smallest absolute Gasteiger partial charge is 0.350 e. The van der Waals surface area contributed by atoms with E-state index in [-0.39, 0.29) is 24.6 Å². The molecule has 9 heteroatoms. The molecule has 0 saturated carbocycles. The number of fused-ring (bicyclic) bond motifs is 1. The predicted molar refractivity (Wildman–Crippen MR) is 83.5 cm³/mol. The van der Waals surface area contributed by atoms with Crippen LogP contribution >= 0.6 is 0 Å². The Labute approximate surface area is 143 Å². The third-order valence-corrected chi connectivity index (χ3v) is 4.32. The Bertz CT molecular complexity index is 762. The highest BCUT2D eigenvalue weighted by molar-refractivity contribution is 5.75. The van der Waals surface area contributed by atoms with E-state index in [1.54, 1.807) is 24.1 Å². The van der Waals surface area contributed by atoms with E-state index in [1.807, 2.05) is 0 Å². The molecule has 0 aliphatic heterocycles. The highest BCUT2D eigenvalue weighted by Gasteiger charge is 2.39. The summed E-state index contributed by atoms with van der Waals surface area (Å²) in [5, 5.41) is 10.4. The van der Waals surface area contributed by atoms with Gasteiger partial charge in [-0.1, -0.05) is 6.42 Å². The quantitative estimate of drug-likeness (QED) is 0.856. The molecule has 25 heavy (non-hydrogen) atoms. The lowest BCUT2D eigenvalue weighted by atomic mass is 10.1. The topological polar surface area (TPSA) is 64.7 Å². The largest absolute Gasteiger partial charge is 0.435 e. The molecule has 2 aromatic heterocycles. The van der Waals surface area contributed by atoms with Crippen molar-refractivity contribution in [2.45, 2.75) is 51.4 Å². The fourth-order valence-electron chi connectivity index (χ4n) is 3.16. The summed E-state index contributed by atoms with van der Waals surface area (Å²) in [5.41, 5.74) is 0.780. The Morgan fingerprint density at radius 3 is 2.72 bits per heavy atom. The minimum Gasteiger partial charge on any atom is -0.350 e. The lowest BCUT2D eigenvalue weighted by Gasteiger charge is -2.08. The average molecular weight is 355 g/mol. The fourth-order valence-corrected chi connectivity index (χ4v) is 3.16. The molecule has 1 aliphatic carbocycles. The minimum atomic E-state index is -4.49. The maximum atomic E-state index is 13.2. The van der Waals surface area contributed by atoms with Gasteiger partial charge in [0.05, 0.1) is 6.20 Å². The van der Waals surface area contributed by atoms with Gasteiger partial charge in [0.2, 0.25) is 5.91 Å². The zero-order valence-electron chi connectivity index (χ0n) is 13.9. The van der Waals surface area contributed by atoms with Crippen molar-refractivity contribution >= 4 is 5.91 Å². The fraction of sp³-hybridized carbons (Fsp3) is 0.562. The van der Waals surface area contributed by atoms with Crippen LogP contribution in [-0.4, -0.2) is 25.5 Å². The number of aryl methyl sites for hydroxylation is 1. The summed E-state index contributed by atoms with van der Waals surface area (Å²) in [4.78, 5) is 12.1. The first-order chi connectivity index (χ1) is 11.8. The van der Waals surface area contributed by atoms with Crippen LogP contribution < -0.4 is 5.32 Å². The number of rotatable bonds is 4. The van der Waals surface area contributed by atoms with Crippen LogP contribution in [0.5, 0.6) is 0 Å². The number of carbonyl (C=O) groups is 1.